The van der Waals surface area contributed by atoms with Gasteiger partial charge in [0.25, 0.3) is 0 Å². The van der Waals surface area contributed by atoms with Gasteiger partial charge in [-0.1, -0.05) is 17.7 Å². The Hall–Kier alpha value is -1.53. The van der Waals surface area contributed by atoms with Gasteiger partial charge in [-0.3, -0.25) is 0 Å². The molecule has 0 aromatic heterocycles. The van der Waals surface area contributed by atoms with Crippen molar-refractivity contribution in [1.29, 1.82) is 5.26 Å². The molecule has 1 atom stereocenters. The van der Waals surface area contributed by atoms with E-state index in [0.717, 1.165) is 12.2 Å². The molecule has 0 aliphatic heterocycles. The summed E-state index contributed by atoms with van der Waals surface area (Å²) >= 11 is 0. The Kier molecular flexibility index (Phi) is 4.53. The van der Waals surface area contributed by atoms with E-state index in [1.165, 1.54) is 5.56 Å². The largest absolute Gasteiger partial charge is 0.369 e. The van der Waals surface area contributed by atoms with Crippen molar-refractivity contribution in [3.05, 3.63) is 29.8 Å². The molecule has 0 aliphatic rings. The molecule has 1 N–H and O–H groups in total. The van der Waals surface area contributed by atoms with E-state index in [1.54, 1.807) is 0 Å². The van der Waals surface area contributed by atoms with Crippen LogP contribution in [0.4, 0.5) is 5.69 Å². The van der Waals surface area contributed by atoms with Crippen molar-refractivity contribution in [2.45, 2.75) is 26.3 Å². The highest BCUT2D eigenvalue weighted by molar-refractivity contribution is 5.48. The SMILES string of the molecule is CCN(CC(C)(C#N)NC)c1ccc(C)cc1. The first-order valence-corrected chi connectivity index (χ1v) is 5.96. The molecule has 3 heteroatoms. The number of benzene rings is 1. The van der Waals surface area contributed by atoms with E-state index in [0.29, 0.717) is 6.54 Å². The fourth-order valence-corrected chi connectivity index (χ4v) is 1.69. The van der Waals surface area contributed by atoms with Gasteiger partial charge in [-0.25, -0.2) is 0 Å². The van der Waals surface area contributed by atoms with Crippen LogP contribution >= 0.6 is 0 Å². The van der Waals surface area contributed by atoms with E-state index in [9.17, 15) is 5.26 Å². The first kappa shape index (κ1) is 13.5. The van der Waals surface area contributed by atoms with E-state index < -0.39 is 5.54 Å². The fraction of sp³-hybridized carbons (Fsp3) is 0.500. The topological polar surface area (TPSA) is 39.1 Å². The number of nitrogens with one attached hydrogen (secondary N) is 1. The second-order valence-corrected chi connectivity index (χ2v) is 4.54. The maximum atomic E-state index is 9.18. The van der Waals surface area contributed by atoms with Crippen molar-refractivity contribution < 1.29 is 0 Å². The summed E-state index contributed by atoms with van der Waals surface area (Å²) in [5, 5.41) is 12.3. The lowest BCUT2D eigenvalue weighted by atomic mass is 10.0. The molecule has 0 spiro atoms. The Labute approximate surface area is 104 Å². The molecule has 3 nitrogen and oxygen atoms in total. The van der Waals surface area contributed by atoms with Crippen LogP contribution in [0, 0.1) is 18.3 Å². The molecule has 0 radical (unpaired) electrons. The van der Waals surface area contributed by atoms with Crippen LogP contribution in [0.1, 0.15) is 19.4 Å². The van der Waals surface area contributed by atoms with Crippen molar-refractivity contribution in [3.8, 4) is 6.07 Å². The average molecular weight is 231 g/mol. The van der Waals surface area contributed by atoms with Gasteiger partial charge in [0.05, 0.1) is 6.07 Å². The van der Waals surface area contributed by atoms with E-state index >= 15 is 0 Å². The summed E-state index contributed by atoms with van der Waals surface area (Å²) in [5.74, 6) is 0. The fourth-order valence-electron chi connectivity index (χ4n) is 1.69. The van der Waals surface area contributed by atoms with Crippen LogP contribution < -0.4 is 10.2 Å². The van der Waals surface area contributed by atoms with Gasteiger partial charge in [-0.05, 0) is 40.0 Å². The van der Waals surface area contributed by atoms with Gasteiger partial charge in [0.2, 0.25) is 0 Å². The molecule has 0 heterocycles. The van der Waals surface area contributed by atoms with Gasteiger partial charge >= 0.3 is 0 Å². The summed E-state index contributed by atoms with van der Waals surface area (Å²) in [6.45, 7) is 7.67. The van der Waals surface area contributed by atoms with Gasteiger partial charge < -0.3 is 10.2 Å². The maximum Gasteiger partial charge on any atom is 0.121 e. The molecule has 0 aliphatic carbocycles. The predicted octanol–water partition coefficient (Wildman–Crippen LogP) is 2.32. The maximum absolute atomic E-state index is 9.18. The number of rotatable bonds is 5. The zero-order valence-corrected chi connectivity index (χ0v) is 11.1. The molecule has 0 amide bonds. The Morgan fingerprint density at radius 2 is 1.94 bits per heavy atom. The molecule has 1 rings (SSSR count). The zero-order valence-electron chi connectivity index (χ0n) is 11.1. The number of likely N-dealkylation sites (N-methyl/N-ethyl adjacent to an activating group) is 2. The molecule has 1 unspecified atom stereocenters. The average Bonchev–Trinajstić information content (AvgIpc) is 2.37. The number of nitrogens with zero attached hydrogens (tertiary/aromatic N) is 2. The third-order valence-corrected chi connectivity index (χ3v) is 3.09. The molecule has 0 saturated heterocycles. The zero-order chi connectivity index (χ0) is 12.9. The lowest BCUT2D eigenvalue weighted by molar-refractivity contribution is 0.484. The van der Waals surface area contributed by atoms with Crippen LogP contribution in [-0.4, -0.2) is 25.7 Å². The number of hydrogen-bond acceptors (Lipinski definition) is 3. The molecule has 17 heavy (non-hydrogen) atoms. The first-order chi connectivity index (χ1) is 8.04. The van der Waals surface area contributed by atoms with E-state index in [-0.39, 0.29) is 0 Å². The Balaban J connectivity index is 2.86. The molecule has 0 fully saturated rings. The summed E-state index contributed by atoms with van der Waals surface area (Å²) < 4.78 is 0. The van der Waals surface area contributed by atoms with Gasteiger partial charge in [0, 0.05) is 18.8 Å². The predicted molar refractivity (Wildman–Crippen MR) is 72.1 cm³/mol. The second kappa shape index (κ2) is 5.70. The quantitative estimate of drug-likeness (QED) is 0.845. The second-order valence-electron chi connectivity index (χ2n) is 4.54. The molecule has 1 aromatic rings. The van der Waals surface area contributed by atoms with Crippen molar-refractivity contribution in [3.63, 3.8) is 0 Å². The van der Waals surface area contributed by atoms with Gasteiger partial charge in [-0.2, -0.15) is 5.26 Å². The summed E-state index contributed by atoms with van der Waals surface area (Å²) in [7, 11) is 1.83. The highest BCUT2D eigenvalue weighted by Gasteiger charge is 2.24. The van der Waals surface area contributed by atoms with Crippen LogP contribution in [0.2, 0.25) is 0 Å². The third kappa shape index (κ3) is 3.47. The molecule has 0 saturated carbocycles. The van der Waals surface area contributed by atoms with Gasteiger partial charge in [0.1, 0.15) is 5.54 Å². The normalized spacial score (nSPS) is 13.8. The van der Waals surface area contributed by atoms with E-state index in [2.05, 4.69) is 54.4 Å². The summed E-state index contributed by atoms with van der Waals surface area (Å²) in [6, 6.07) is 10.7. The summed E-state index contributed by atoms with van der Waals surface area (Å²) in [4.78, 5) is 2.21. The lowest BCUT2D eigenvalue weighted by Crippen LogP contribution is -2.49. The van der Waals surface area contributed by atoms with Crippen molar-refractivity contribution >= 4 is 5.69 Å². The van der Waals surface area contributed by atoms with Crippen LogP contribution in [0.15, 0.2) is 24.3 Å². The highest BCUT2D eigenvalue weighted by Crippen LogP contribution is 2.17. The Morgan fingerprint density at radius 1 is 1.35 bits per heavy atom. The Morgan fingerprint density at radius 3 is 2.35 bits per heavy atom. The molecule has 92 valence electrons. The van der Waals surface area contributed by atoms with Crippen LogP contribution in [0.5, 0.6) is 0 Å². The number of hydrogen-bond donors (Lipinski definition) is 1. The minimum absolute atomic E-state index is 0.513. The van der Waals surface area contributed by atoms with E-state index in [1.807, 2.05) is 14.0 Å². The van der Waals surface area contributed by atoms with Crippen molar-refractivity contribution in [2.75, 3.05) is 25.0 Å². The minimum Gasteiger partial charge on any atom is -0.369 e. The first-order valence-electron chi connectivity index (χ1n) is 5.96. The smallest absolute Gasteiger partial charge is 0.121 e. The third-order valence-electron chi connectivity index (χ3n) is 3.09. The molecule has 1 aromatic carbocycles. The molecule has 0 bridgehead atoms. The molecular weight excluding hydrogens is 210 g/mol. The molecular formula is C14H21N3. The lowest BCUT2D eigenvalue weighted by Gasteiger charge is -2.31. The van der Waals surface area contributed by atoms with Crippen molar-refractivity contribution in [1.82, 2.24) is 5.32 Å². The standard InChI is InChI=1S/C14H21N3/c1-5-17(11-14(3,10-15)16-4)13-8-6-12(2)7-9-13/h6-9,16H,5,11H2,1-4H3. The number of nitriles is 1. The minimum atomic E-state index is -0.513. The van der Waals surface area contributed by atoms with Crippen LogP contribution in [0.25, 0.3) is 0 Å². The summed E-state index contributed by atoms with van der Waals surface area (Å²) in [6.07, 6.45) is 0. The van der Waals surface area contributed by atoms with Crippen LogP contribution in [0.3, 0.4) is 0 Å². The van der Waals surface area contributed by atoms with E-state index in [4.69, 9.17) is 0 Å². The Bertz CT molecular complexity index is 391. The number of aryl methyl sites for hydroxylation is 1. The van der Waals surface area contributed by atoms with Gasteiger partial charge in [-0.15, -0.1) is 0 Å². The van der Waals surface area contributed by atoms with Gasteiger partial charge in [0.15, 0.2) is 0 Å². The van der Waals surface area contributed by atoms with Crippen LogP contribution in [-0.2, 0) is 0 Å². The monoisotopic (exact) mass is 231 g/mol. The summed E-state index contributed by atoms with van der Waals surface area (Å²) in [5.41, 5.74) is 1.90. The highest BCUT2D eigenvalue weighted by atomic mass is 15.2. The van der Waals surface area contributed by atoms with Crippen molar-refractivity contribution in [2.24, 2.45) is 0 Å². The number of anilines is 1.